The first-order valence-corrected chi connectivity index (χ1v) is 5.11. The van der Waals surface area contributed by atoms with Crippen LogP contribution in [0.2, 0.25) is 0 Å². The Hall–Kier alpha value is -2.05. The van der Waals surface area contributed by atoms with Crippen molar-refractivity contribution in [2.75, 3.05) is 0 Å². The molecule has 7 heteroatoms. The largest absolute Gasteiger partial charge is 0.471 e. The first-order valence-electron chi connectivity index (χ1n) is 5.11. The monoisotopic (exact) mass is 258 g/mol. The molecule has 1 N–H and O–H groups in total. The molecule has 1 aromatic carbocycles. The molecule has 1 heterocycles. The number of benzene rings is 1. The summed E-state index contributed by atoms with van der Waals surface area (Å²) in [6.07, 6.45) is -4.92. The predicted molar refractivity (Wildman–Crippen MR) is 56.6 cm³/mol. The number of carbonyl (C=O) groups is 1. The Morgan fingerprint density at radius 2 is 2.06 bits per heavy atom. The maximum absolute atomic E-state index is 12.1. The highest BCUT2D eigenvalue weighted by atomic mass is 19.4. The Morgan fingerprint density at radius 1 is 1.39 bits per heavy atom. The lowest BCUT2D eigenvalue weighted by Gasteiger charge is -2.11. The van der Waals surface area contributed by atoms with Gasteiger partial charge in [-0.1, -0.05) is 12.1 Å². The fourth-order valence-corrected chi connectivity index (χ4v) is 1.42. The van der Waals surface area contributed by atoms with Gasteiger partial charge in [0, 0.05) is 0 Å². The molecular formula is C11H9F3N2O2. The molecule has 0 bridgehead atoms. The van der Waals surface area contributed by atoms with Crippen LogP contribution in [-0.4, -0.2) is 17.1 Å². The van der Waals surface area contributed by atoms with Crippen molar-refractivity contribution in [1.29, 1.82) is 0 Å². The number of carbonyl (C=O) groups excluding carboxylic acids is 1. The maximum atomic E-state index is 12.1. The van der Waals surface area contributed by atoms with Gasteiger partial charge in [0.25, 0.3) is 0 Å². The van der Waals surface area contributed by atoms with E-state index in [1.807, 2.05) is 0 Å². The van der Waals surface area contributed by atoms with Crippen LogP contribution in [0.25, 0.3) is 11.1 Å². The second-order valence-electron chi connectivity index (χ2n) is 3.71. The van der Waals surface area contributed by atoms with E-state index in [-0.39, 0.29) is 5.89 Å². The number of para-hydroxylation sites is 2. The van der Waals surface area contributed by atoms with Gasteiger partial charge in [0.15, 0.2) is 5.58 Å². The molecule has 0 saturated carbocycles. The van der Waals surface area contributed by atoms with Crippen LogP contribution in [0.3, 0.4) is 0 Å². The van der Waals surface area contributed by atoms with Gasteiger partial charge >= 0.3 is 12.1 Å². The summed E-state index contributed by atoms with van der Waals surface area (Å²) in [6.45, 7) is 1.37. The van der Waals surface area contributed by atoms with Crippen LogP contribution in [0.15, 0.2) is 28.7 Å². The van der Waals surface area contributed by atoms with Gasteiger partial charge in [-0.05, 0) is 19.1 Å². The van der Waals surface area contributed by atoms with Gasteiger partial charge in [0.2, 0.25) is 5.89 Å². The molecule has 2 rings (SSSR count). The fourth-order valence-electron chi connectivity index (χ4n) is 1.42. The molecule has 0 aliphatic rings. The lowest BCUT2D eigenvalue weighted by molar-refractivity contribution is -0.174. The Bertz CT molecular complexity index is 544. The number of aromatic nitrogens is 1. The molecule has 0 fully saturated rings. The smallest absolute Gasteiger partial charge is 0.438 e. The Kier molecular flexibility index (Phi) is 2.98. The number of halogens is 3. The molecule has 0 radical (unpaired) electrons. The van der Waals surface area contributed by atoms with Gasteiger partial charge in [0.05, 0.1) is 0 Å². The highest BCUT2D eigenvalue weighted by Gasteiger charge is 2.39. The van der Waals surface area contributed by atoms with Crippen molar-refractivity contribution in [3.05, 3.63) is 30.2 Å². The van der Waals surface area contributed by atoms with Gasteiger partial charge in [-0.25, -0.2) is 4.98 Å². The molecule has 1 atom stereocenters. The number of hydrogen-bond donors (Lipinski definition) is 1. The number of hydrogen-bond acceptors (Lipinski definition) is 3. The van der Waals surface area contributed by atoms with Gasteiger partial charge in [-0.3, -0.25) is 4.79 Å². The van der Waals surface area contributed by atoms with E-state index in [4.69, 9.17) is 4.42 Å². The minimum absolute atomic E-state index is 0.0359. The summed E-state index contributed by atoms with van der Waals surface area (Å²) < 4.78 is 41.5. The van der Waals surface area contributed by atoms with Crippen LogP contribution in [-0.2, 0) is 4.79 Å². The van der Waals surface area contributed by atoms with E-state index in [0.717, 1.165) is 0 Å². The number of rotatable bonds is 2. The van der Waals surface area contributed by atoms with Crippen molar-refractivity contribution >= 4 is 17.0 Å². The van der Waals surface area contributed by atoms with Crippen molar-refractivity contribution in [3.8, 4) is 0 Å². The minimum atomic E-state index is -4.92. The van der Waals surface area contributed by atoms with Crippen LogP contribution < -0.4 is 5.32 Å². The van der Waals surface area contributed by atoms with Gasteiger partial charge < -0.3 is 9.73 Å². The van der Waals surface area contributed by atoms with Crippen LogP contribution >= 0.6 is 0 Å². The van der Waals surface area contributed by atoms with Crippen molar-refractivity contribution in [2.24, 2.45) is 0 Å². The number of nitrogens with one attached hydrogen (secondary N) is 1. The molecule has 1 unspecified atom stereocenters. The first-order chi connectivity index (χ1) is 8.38. The quantitative estimate of drug-likeness (QED) is 0.900. The molecule has 1 aromatic heterocycles. The second kappa shape index (κ2) is 4.32. The van der Waals surface area contributed by atoms with Crippen LogP contribution in [0.1, 0.15) is 18.9 Å². The molecular weight excluding hydrogens is 249 g/mol. The Balaban J connectivity index is 2.18. The molecule has 2 aromatic rings. The topological polar surface area (TPSA) is 55.1 Å². The number of nitrogens with zero attached hydrogens (tertiary/aromatic N) is 1. The van der Waals surface area contributed by atoms with E-state index in [0.29, 0.717) is 11.1 Å². The highest BCUT2D eigenvalue weighted by Crippen LogP contribution is 2.21. The van der Waals surface area contributed by atoms with E-state index >= 15 is 0 Å². The molecule has 0 spiro atoms. The van der Waals surface area contributed by atoms with Crippen LogP contribution in [0.4, 0.5) is 13.2 Å². The lowest BCUT2D eigenvalue weighted by Crippen LogP contribution is -2.38. The zero-order valence-electron chi connectivity index (χ0n) is 9.28. The van der Waals surface area contributed by atoms with Gasteiger partial charge in [0.1, 0.15) is 11.6 Å². The number of fused-ring (bicyclic) bond motifs is 1. The zero-order valence-corrected chi connectivity index (χ0v) is 9.28. The maximum Gasteiger partial charge on any atom is 0.471 e. The molecule has 1 amide bonds. The molecule has 96 valence electrons. The van der Waals surface area contributed by atoms with Crippen LogP contribution in [0.5, 0.6) is 0 Å². The normalized spacial score (nSPS) is 13.6. The molecule has 0 aliphatic heterocycles. The Labute approximate surface area is 99.8 Å². The number of oxazole rings is 1. The molecule has 4 nitrogen and oxygen atoms in total. The zero-order chi connectivity index (χ0) is 13.3. The average molecular weight is 258 g/mol. The average Bonchev–Trinajstić information content (AvgIpc) is 2.71. The summed E-state index contributed by atoms with van der Waals surface area (Å²) in [6, 6.07) is 5.81. The van der Waals surface area contributed by atoms with Crippen molar-refractivity contribution in [3.63, 3.8) is 0 Å². The summed E-state index contributed by atoms with van der Waals surface area (Å²) in [5, 5.41) is 1.78. The minimum Gasteiger partial charge on any atom is -0.438 e. The second-order valence-corrected chi connectivity index (χ2v) is 3.71. The summed E-state index contributed by atoms with van der Waals surface area (Å²) in [7, 11) is 0. The molecule has 0 aliphatic carbocycles. The summed E-state index contributed by atoms with van der Waals surface area (Å²) in [5.41, 5.74) is 0.987. The fraction of sp³-hybridized carbons (Fsp3) is 0.273. The van der Waals surface area contributed by atoms with Crippen LogP contribution in [0, 0.1) is 0 Å². The lowest BCUT2D eigenvalue weighted by atomic mass is 10.3. The van der Waals surface area contributed by atoms with Crippen molar-refractivity contribution in [2.45, 2.75) is 19.1 Å². The molecule has 18 heavy (non-hydrogen) atoms. The SMILES string of the molecule is CC(NC(=O)C(F)(F)F)c1nc2ccccc2o1. The standard InChI is InChI=1S/C11H9F3N2O2/c1-6(15-10(17)11(12,13)14)9-16-7-4-2-3-5-8(7)18-9/h2-6H,1H3,(H,15,17). The van der Waals surface area contributed by atoms with E-state index in [2.05, 4.69) is 4.98 Å². The van der Waals surface area contributed by atoms with E-state index in [9.17, 15) is 18.0 Å². The summed E-state index contributed by atoms with van der Waals surface area (Å²) >= 11 is 0. The van der Waals surface area contributed by atoms with Gasteiger partial charge in [-0.15, -0.1) is 0 Å². The van der Waals surface area contributed by atoms with E-state index in [1.54, 1.807) is 29.6 Å². The Morgan fingerprint density at radius 3 is 2.67 bits per heavy atom. The van der Waals surface area contributed by atoms with E-state index < -0.39 is 18.1 Å². The predicted octanol–water partition coefficient (Wildman–Crippen LogP) is 2.57. The summed E-state index contributed by atoms with van der Waals surface area (Å²) in [5.74, 6) is -1.98. The van der Waals surface area contributed by atoms with Crippen molar-refractivity contribution < 1.29 is 22.4 Å². The summed E-state index contributed by atoms with van der Waals surface area (Å²) in [4.78, 5) is 14.8. The first kappa shape index (κ1) is 12.4. The van der Waals surface area contributed by atoms with Gasteiger partial charge in [-0.2, -0.15) is 13.2 Å². The van der Waals surface area contributed by atoms with Crippen molar-refractivity contribution in [1.82, 2.24) is 10.3 Å². The molecule has 0 saturated heterocycles. The third-order valence-corrected chi connectivity index (χ3v) is 2.29. The third kappa shape index (κ3) is 2.44. The number of alkyl halides is 3. The highest BCUT2D eigenvalue weighted by molar-refractivity contribution is 5.82. The van der Waals surface area contributed by atoms with E-state index in [1.165, 1.54) is 6.92 Å². The number of amides is 1. The third-order valence-electron chi connectivity index (χ3n) is 2.29.